The fourth-order valence-corrected chi connectivity index (χ4v) is 1.62. The van der Waals surface area contributed by atoms with Crippen molar-refractivity contribution >= 4 is 34.8 Å². The predicted molar refractivity (Wildman–Crippen MR) is 55.5 cm³/mol. The van der Waals surface area contributed by atoms with Crippen LogP contribution in [0, 0.1) is 5.92 Å². The second-order valence-electron chi connectivity index (χ2n) is 2.64. The first-order valence-electron chi connectivity index (χ1n) is 3.60. The highest BCUT2D eigenvalue weighted by atomic mass is 35.5. The van der Waals surface area contributed by atoms with Gasteiger partial charge in [0.1, 0.15) is 0 Å². The van der Waals surface area contributed by atoms with E-state index in [1.165, 1.54) is 0 Å². The Balaban J connectivity index is 3.18. The van der Waals surface area contributed by atoms with Crippen LogP contribution in [0.1, 0.15) is 12.5 Å². The van der Waals surface area contributed by atoms with Gasteiger partial charge in [-0.15, -0.1) is 0 Å². The summed E-state index contributed by atoms with van der Waals surface area (Å²) in [6, 6.07) is 3.26. The molecule has 1 aromatic carbocycles. The molecule has 1 rings (SSSR count). The molecule has 1 aromatic rings. The molecule has 1 radical (unpaired) electrons. The van der Waals surface area contributed by atoms with Crippen molar-refractivity contribution in [1.82, 2.24) is 0 Å². The summed E-state index contributed by atoms with van der Waals surface area (Å²) in [7, 11) is 0. The van der Waals surface area contributed by atoms with Gasteiger partial charge in [0.15, 0.2) is 0 Å². The van der Waals surface area contributed by atoms with Gasteiger partial charge in [-0.3, -0.25) is 4.39 Å². The van der Waals surface area contributed by atoms with Crippen LogP contribution in [0.2, 0.25) is 15.1 Å². The zero-order valence-corrected chi connectivity index (χ0v) is 9.14. The van der Waals surface area contributed by atoms with E-state index in [9.17, 15) is 4.39 Å². The lowest BCUT2D eigenvalue weighted by Gasteiger charge is -2.10. The lowest BCUT2D eigenvalue weighted by atomic mass is 10.0. The monoisotopic (exact) mass is 239 g/mol. The molecule has 4 heteroatoms. The van der Waals surface area contributed by atoms with Gasteiger partial charge in [0, 0.05) is 5.92 Å². The molecule has 0 nitrogen and oxygen atoms in total. The van der Waals surface area contributed by atoms with E-state index in [1.807, 2.05) is 0 Å². The molecule has 0 aromatic heterocycles. The molecule has 0 amide bonds. The standard InChI is InChI=1S/C9H7Cl3F/c1-5(4-13)6-2-3-7(10)9(12)8(6)11/h2-3H,4H2,1H3. The first-order chi connectivity index (χ1) is 6.07. The minimum atomic E-state index is -0.544. The molecule has 0 aliphatic heterocycles. The second kappa shape index (κ2) is 4.50. The van der Waals surface area contributed by atoms with Crippen molar-refractivity contribution in [3.63, 3.8) is 0 Å². The molecule has 0 atom stereocenters. The topological polar surface area (TPSA) is 0 Å². The fraction of sp³-hybridized carbons (Fsp3) is 0.222. The molecule has 0 aliphatic rings. The Hall–Kier alpha value is 0.0200. The van der Waals surface area contributed by atoms with E-state index in [0.29, 0.717) is 21.5 Å². The number of benzene rings is 1. The summed E-state index contributed by atoms with van der Waals surface area (Å²) in [5, 5.41) is 0.958. The average Bonchev–Trinajstić information content (AvgIpc) is 2.13. The lowest BCUT2D eigenvalue weighted by molar-refractivity contribution is 0.516. The Morgan fingerprint density at radius 1 is 1.23 bits per heavy atom. The molecule has 71 valence electrons. The van der Waals surface area contributed by atoms with E-state index in [4.69, 9.17) is 34.8 Å². The van der Waals surface area contributed by atoms with Crippen LogP contribution in [0.15, 0.2) is 12.1 Å². The average molecular weight is 241 g/mol. The highest BCUT2D eigenvalue weighted by molar-refractivity contribution is 6.48. The molecular formula is C9H7Cl3F. The maximum atomic E-state index is 12.3. The molecule has 0 fully saturated rings. The zero-order valence-electron chi connectivity index (χ0n) is 6.87. The third kappa shape index (κ3) is 2.28. The van der Waals surface area contributed by atoms with Crippen LogP contribution in [0.25, 0.3) is 0 Å². The van der Waals surface area contributed by atoms with Crippen molar-refractivity contribution in [3.05, 3.63) is 38.7 Å². The van der Waals surface area contributed by atoms with Crippen LogP contribution >= 0.6 is 34.8 Å². The predicted octanol–water partition coefficient (Wildman–Crippen LogP) is 4.56. The van der Waals surface area contributed by atoms with Crippen LogP contribution in [-0.4, -0.2) is 6.67 Å². The van der Waals surface area contributed by atoms with Gasteiger partial charge in [-0.25, -0.2) is 0 Å². The Bertz CT molecular complexity index is 312. The summed E-state index contributed by atoms with van der Waals surface area (Å²) in [5.41, 5.74) is 0.610. The normalized spacial score (nSPS) is 10.9. The highest BCUT2D eigenvalue weighted by Crippen LogP contribution is 2.35. The van der Waals surface area contributed by atoms with Crippen molar-refractivity contribution in [2.45, 2.75) is 6.92 Å². The zero-order chi connectivity index (χ0) is 10.0. The van der Waals surface area contributed by atoms with Crippen LogP contribution in [-0.2, 0) is 0 Å². The highest BCUT2D eigenvalue weighted by Gasteiger charge is 2.14. The van der Waals surface area contributed by atoms with Crippen molar-refractivity contribution in [2.75, 3.05) is 6.67 Å². The molecule has 0 aliphatic carbocycles. The number of rotatable bonds is 2. The molecule has 0 saturated heterocycles. The maximum Gasteiger partial charge on any atom is 0.0998 e. The Morgan fingerprint density at radius 2 is 1.85 bits per heavy atom. The van der Waals surface area contributed by atoms with Crippen LogP contribution in [0.5, 0.6) is 0 Å². The summed E-state index contributed by atoms with van der Waals surface area (Å²) in [6.07, 6.45) is 0. The summed E-state index contributed by atoms with van der Waals surface area (Å²) >= 11 is 17.4. The number of hydrogen-bond donors (Lipinski definition) is 0. The van der Waals surface area contributed by atoms with Gasteiger partial charge in [-0.1, -0.05) is 47.8 Å². The van der Waals surface area contributed by atoms with E-state index in [-0.39, 0.29) is 5.02 Å². The first kappa shape index (κ1) is 11.1. The van der Waals surface area contributed by atoms with E-state index in [1.54, 1.807) is 19.1 Å². The summed E-state index contributed by atoms with van der Waals surface area (Å²) < 4.78 is 12.3. The Labute approximate surface area is 91.6 Å². The quantitative estimate of drug-likeness (QED) is 0.665. The third-order valence-electron chi connectivity index (χ3n) is 1.70. The van der Waals surface area contributed by atoms with E-state index in [2.05, 4.69) is 0 Å². The number of halogens is 4. The van der Waals surface area contributed by atoms with Crippen molar-refractivity contribution < 1.29 is 4.39 Å². The fourth-order valence-electron chi connectivity index (χ4n) is 0.927. The maximum absolute atomic E-state index is 12.3. The second-order valence-corrected chi connectivity index (χ2v) is 3.80. The minimum absolute atomic E-state index is 0.272. The molecule has 0 bridgehead atoms. The van der Waals surface area contributed by atoms with Crippen LogP contribution in [0.4, 0.5) is 4.39 Å². The van der Waals surface area contributed by atoms with E-state index < -0.39 is 6.67 Å². The van der Waals surface area contributed by atoms with Crippen molar-refractivity contribution in [1.29, 1.82) is 0 Å². The summed E-state index contributed by atoms with van der Waals surface area (Å²) in [5.74, 6) is 0.545. The van der Waals surface area contributed by atoms with E-state index in [0.717, 1.165) is 0 Å². The molecule has 0 heterocycles. The SMILES string of the molecule is C[C](CF)c1ccc(Cl)c(Cl)c1Cl. The van der Waals surface area contributed by atoms with Crippen molar-refractivity contribution in [2.24, 2.45) is 0 Å². The molecule has 0 unspecified atom stereocenters. The van der Waals surface area contributed by atoms with Gasteiger partial charge >= 0.3 is 0 Å². The largest absolute Gasteiger partial charge is 0.250 e. The van der Waals surface area contributed by atoms with Gasteiger partial charge in [-0.05, 0) is 11.6 Å². The van der Waals surface area contributed by atoms with Gasteiger partial charge in [0.25, 0.3) is 0 Å². The third-order valence-corrected chi connectivity index (χ3v) is 2.99. The smallest absolute Gasteiger partial charge is 0.0998 e. The molecule has 13 heavy (non-hydrogen) atoms. The van der Waals surface area contributed by atoms with Gasteiger partial charge in [-0.2, -0.15) is 0 Å². The minimum Gasteiger partial charge on any atom is -0.250 e. The van der Waals surface area contributed by atoms with Crippen molar-refractivity contribution in [3.8, 4) is 0 Å². The number of hydrogen-bond acceptors (Lipinski definition) is 0. The summed E-state index contributed by atoms with van der Waals surface area (Å²) in [6.45, 7) is 1.11. The molecule has 0 spiro atoms. The first-order valence-corrected chi connectivity index (χ1v) is 4.73. The van der Waals surface area contributed by atoms with Crippen LogP contribution in [0.3, 0.4) is 0 Å². The molecule has 0 N–H and O–H groups in total. The molecule has 0 saturated carbocycles. The Kier molecular flexibility index (Phi) is 3.84. The van der Waals surface area contributed by atoms with Gasteiger partial charge in [0.05, 0.1) is 21.7 Å². The van der Waals surface area contributed by atoms with Crippen LogP contribution < -0.4 is 0 Å². The van der Waals surface area contributed by atoms with Gasteiger partial charge in [0.2, 0.25) is 0 Å². The number of alkyl halides is 1. The summed E-state index contributed by atoms with van der Waals surface area (Å²) in [4.78, 5) is 0. The Morgan fingerprint density at radius 3 is 2.38 bits per heavy atom. The molecular weight excluding hydrogens is 233 g/mol. The van der Waals surface area contributed by atoms with E-state index >= 15 is 0 Å². The van der Waals surface area contributed by atoms with Gasteiger partial charge < -0.3 is 0 Å². The lowest BCUT2D eigenvalue weighted by Crippen LogP contribution is -1.97.